The summed E-state index contributed by atoms with van der Waals surface area (Å²) in [5.74, 6) is 0.0440. The normalized spacial score (nSPS) is 22.2. The molecule has 1 amide bonds. The zero-order chi connectivity index (χ0) is 16.8. The zero-order valence-electron chi connectivity index (χ0n) is 13.4. The molecule has 2 saturated heterocycles. The zero-order valence-corrected chi connectivity index (χ0v) is 14.2. The molecule has 1 aromatic rings. The smallest absolute Gasteiger partial charge is 0.248 e. The SMILES string of the molecule is Cc1noc(C)c1S(=O)(=O)N1CC(N2CCC(C(N)=O)CC2)C1. The fourth-order valence-corrected chi connectivity index (χ4v) is 5.17. The van der Waals surface area contributed by atoms with Crippen LogP contribution in [0.2, 0.25) is 0 Å². The van der Waals surface area contributed by atoms with Gasteiger partial charge in [-0.2, -0.15) is 4.31 Å². The summed E-state index contributed by atoms with van der Waals surface area (Å²) in [7, 11) is -3.54. The molecule has 0 bridgehead atoms. The molecule has 2 N–H and O–H groups in total. The third-order valence-electron chi connectivity index (χ3n) is 4.84. The molecule has 0 aliphatic carbocycles. The van der Waals surface area contributed by atoms with Crippen molar-refractivity contribution in [2.45, 2.75) is 37.6 Å². The number of carbonyl (C=O) groups excluding carboxylic acids is 1. The second-order valence-corrected chi connectivity index (χ2v) is 8.22. The van der Waals surface area contributed by atoms with E-state index >= 15 is 0 Å². The highest BCUT2D eigenvalue weighted by molar-refractivity contribution is 7.89. The van der Waals surface area contributed by atoms with Crippen LogP contribution in [-0.4, -0.2) is 60.9 Å². The van der Waals surface area contributed by atoms with Crippen molar-refractivity contribution in [2.24, 2.45) is 11.7 Å². The highest BCUT2D eigenvalue weighted by atomic mass is 32.2. The molecule has 0 unspecified atom stereocenters. The highest BCUT2D eigenvalue weighted by Crippen LogP contribution is 2.30. The van der Waals surface area contributed by atoms with Crippen LogP contribution in [0, 0.1) is 19.8 Å². The van der Waals surface area contributed by atoms with E-state index in [2.05, 4.69) is 10.1 Å². The predicted molar refractivity (Wildman–Crippen MR) is 82.0 cm³/mol. The minimum absolute atomic E-state index is 0.0477. The number of aromatic nitrogens is 1. The summed E-state index contributed by atoms with van der Waals surface area (Å²) in [6.07, 6.45) is 1.50. The number of sulfonamides is 1. The van der Waals surface area contributed by atoms with Gasteiger partial charge in [-0.25, -0.2) is 8.42 Å². The lowest BCUT2D eigenvalue weighted by molar-refractivity contribution is -0.123. The number of hydrogen-bond acceptors (Lipinski definition) is 6. The first-order valence-corrected chi connectivity index (χ1v) is 9.21. The van der Waals surface area contributed by atoms with Gasteiger partial charge < -0.3 is 10.3 Å². The number of aryl methyl sites for hydroxylation is 2. The average Bonchev–Trinajstić information content (AvgIpc) is 2.77. The Morgan fingerprint density at radius 2 is 1.87 bits per heavy atom. The van der Waals surface area contributed by atoms with Crippen molar-refractivity contribution in [3.05, 3.63) is 11.5 Å². The lowest BCUT2D eigenvalue weighted by Crippen LogP contribution is -2.62. The quantitative estimate of drug-likeness (QED) is 0.816. The highest BCUT2D eigenvalue weighted by Gasteiger charge is 2.42. The molecule has 128 valence electrons. The fourth-order valence-electron chi connectivity index (χ4n) is 3.36. The summed E-state index contributed by atoms with van der Waals surface area (Å²) in [5.41, 5.74) is 5.73. The summed E-state index contributed by atoms with van der Waals surface area (Å²) >= 11 is 0. The Balaban J connectivity index is 1.60. The molecule has 2 fully saturated rings. The van der Waals surface area contributed by atoms with Crippen molar-refractivity contribution in [1.29, 1.82) is 0 Å². The second-order valence-electron chi connectivity index (χ2n) is 6.34. The number of nitrogens with two attached hydrogens (primary N) is 1. The van der Waals surface area contributed by atoms with Crippen LogP contribution in [0.1, 0.15) is 24.3 Å². The van der Waals surface area contributed by atoms with Crippen LogP contribution >= 0.6 is 0 Å². The molecule has 1 aromatic heterocycles. The van der Waals surface area contributed by atoms with Gasteiger partial charge >= 0.3 is 0 Å². The summed E-state index contributed by atoms with van der Waals surface area (Å²) in [6, 6.07) is 0.207. The molecule has 0 atom stereocenters. The van der Waals surface area contributed by atoms with Crippen molar-refractivity contribution >= 4 is 15.9 Å². The van der Waals surface area contributed by atoms with Crippen LogP contribution < -0.4 is 5.73 Å². The monoisotopic (exact) mass is 342 g/mol. The van der Waals surface area contributed by atoms with Gasteiger partial charge in [-0.3, -0.25) is 9.69 Å². The molecule has 2 aliphatic rings. The number of likely N-dealkylation sites (tertiary alicyclic amines) is 1. The minimum Gasteiger partial charge on any atom is -0.369 e. The number of piperidine rings is 1. The first kappa shape index (κ1) is 16.4. The lowest BCUT2D eigenvalue weighted by atomic mass is 9.94. The number of carbonyl (C=O) groups is 1. The van der Waals surface area contributed by atoms with Gasteiger partial charge in [0.25, 0.3) is 0 Å². The molecule has 3 rings (SSSR count). The molecule has 0 aromatic carbocycles. The van der Waals surface area contributed by atoms with Gasteiger partial charge in [-0.05, 0) is 39.8 Å². The van der Waals surface area contributed by atoms with Crippen LogP contribution in [0.15, 0.2) is 9.42 Å². The summed E-state index contributed by atoms with van der Waals surface area (Å²) in [5, 5.41) is 3.72. The summed E-state index contributed by atoms with van der Waals surface area (Å²) < 4.78 is 31.7. The number of amides is 1. The van der Waals surface area contributed by atoms with Crippen molar-refractivity contribution in [3.63, 3.8) is 0 Å². The van der Waals surface area contributed by atoms with Gasteiger partial charge in [-0.1, -0.05) is 5.16 Å². The maximum Gasteiger partial charge on any atom is 0.248 e. The van der Waals surface area contributed by atoms with E-state index in [0.29, 0.717) is 24.5 Å². The molecule has 0 spiro atoms. The standard InChI is InChI=1S/C14H22N4O4S/c1-9-13(10(2)22-16-9)23(20,21)18-7-12(8-18)17-5-3-11(4-6-17)14(15)19/h11-12H,3-8H2,1-2H3,(H2,15,19). The van der Waals surface area contributed by atoms with Crippen molar-refractivity contribution in [3.8, 4) is 0 Å². The van der Waals surface area contributed by atoms with Gasteiger partial charge in [0.05, 0.1) is 0 Å². The number of hydrogen-bond donors (Lipinski definition) is 1. The Kier molecular flexibility index (Phi) is 4.19. The van der Waals surface area contributed by atoms with Gasteiger partial charge in [0.1, 0.15) is 10.6 Å². The maximum absolute atomic E-state index is 12.6. The van der Waals surface area contributed by atoms with Gasteiger partial charge in [0.15, 0.2) is 5.76 Å². The molecular weight excluding hydrogens is 320 g/mol. The molecule has 8 nitrogen and oxygen atoms in total. The molecule has 0 radical (unpaired) electrons. The van der Waals surface area contributed by atoms with E-state index in [1.54, 1.807) is 13.8 Å². The minimum atomic E-state index is -3.54. The van der Waals surface area contributed by atoms with Crippen LogP contribution in [0.4, 0.5) is 0 Å². The first-order chi connectivity index (χ1) is 10.8. The Bertz CT molecular complexity index is 681. The Morgan fingerprint density at radius 3 is 2.35 bits per heavy atom. The predicted octanol–water partition coefficient (Wildman–Crippen LogP) is -0.138. The Hall–Kier alpha value is -1.45. The van der Waals surface area contributed by atoms with Gasteiger partial charge in [-0.15, -0.1) is 0 Å². The average molecular weight is 342 g/mol. The van der Waals surface area contributed by atoms with E-state index in [-0.39, 0.29) is 22.8 Å². The van der Waals surface area contributed by atoms with Crippen LogP contribution in [0.25, 0.3) is 0 Å². The largest absolute Gasteiger partial charge is 0.369 e. The van der Waals surface area contributed by atoms with E-state index < -0.39 is 10.0 Å². The molecule has 3 heterocycles. The topological polar surface area (TPSA) is 110 Å². The molecule has 2 aliphatic heterocycles. The lowest BCUT2D eigenvalue weighted by Gasteiger charge is -2.46. The van der Waals surface area contributed by atoms with E-state index in [1.165, 1.54) is 4.31 Å². The van der Waals surface area contributed by atoms with Crippen molar-refractivity contribution < 1.29 is 17.7 Å². The van der Waals surface area contributed by atoms with E-state index in [0.717, 1.165) is 25.9 Å². The fraction of sp³-hybridized carbons (Fsp3) is 0.714. The van der Waals surface area contributed by atoms with Crippen molar-refractivity contribution in [1.82, 2.24) is 14.4 Å². The Morgan fingerprint density at radius 1 is 1.26 bits per heavy atom. The molecule has 9 heteroatoms. The second kappa shape index (κ2) is 5.88. The maximum atomic E-state index is 12.6. The number of rotatable bonds is 4. The third-order valence-corrected chi connectivity index (χ3v) is 6.92. The number of nitrogens with zero attached hydrogens (tertiary/aromatic N) is 3. The van der Waals surface area contributed by atoms with Crippen LogP contribution in [0.3, 0.4) is 0 Å². The van der Waals surface area contributed by atoms with E-state index in [9.17, 15) is 13.2 Å². The summed E-state index contributed by atoms with van der Waals surface area (Å²) in [6.45, 7) is 5.75. The van der Waals surface area contributed by atoms with E-state index in [4.69, 9.17) is 10.3 Å². The van der Waals surface area contributed by atoms with Crippen molar-refractivity contribution in [2.75, 3.05) is 26.2 Å². The molecular formula is C14H22N4O4S. The van der Waals surface area contributed by atoms with E-state index in [1.807, 2.05) is 0 Å². The molecule has 23 heavy (non-hydrogen) atoms. The summed E-state index contributed by atoms with van der Waals surface area (Å²) in [4.78, 5) is 13.6. The molecule has 0 saturated carbocycles. The van der Waals surface area contributed by atoms with Crippen LogP contribution in [0.5, 0.6) is 0 Å². The number of primary amides is 1. The van der Waals surface area contributed by atoms with Crippen LogP contribution in [-0.2, 0) is 14.8 Å². The first-order valence-electron chi connectivity index (χ1n) is 7.77. The van der Waals surface area contributed by atoms with Gasteiger partial charge in [0, 0.05) is 25.0 Å². The van der Waals surface area contributed by atoms with Gasteiger partial charge in [0.2, 0.25) is 15.9 Å². The third kappa shape index (κ3) is 2.88. The Labute approximate surface area is 135 Å².